The van der Waals surface area contributed by atoms with Gasteiger partial charge in [0.05, 0.1) is 5.92 Å². The number of amides is 3. The smallest absolute Gasteiger partial charge is 0.229 e. The molecule has 0 bridgehead atoms. The predicted molar refractivity (Wildman–Crippen MR) is 112 cm³/mol. The highest BCUT2D eigenvalue weighted by Gasteiger charge is 2.34. The Hall–Kier alpha value is -2.86. The summed E-state index contributed by atoms with van der Waals surface area (Å²) in [7, 11) is 0. The first-order valence-corrected chi connectivity index (χ1v) is 10.1. The second-order valence-corrected chi connectivity index (χ2v) is 7.86. The average molecular weight is 412 g/mol. The highest BCUT2D eigenvalue weighted by Crippen LogP contribution is 2.27. The Morgan fingerprint density at radius 3 is 2.69 bits per heavy atom. The van der Waals surface area contributed by atoms with E-state index in [-0.39, 0.29) is 24.1 Å². The Morgan fingerprint density at radius 1 is 1.10 bits per heavy atom. The molecule has 6 nitrogen and oxygen atoms in total. The maximum atomic E-state index is 12.7. The molecule has 0 aliphatic carbocycles. The zero-order valence-electron chi connectivity index (χ0n) is 15.9. The number of carbonyl (C=O) groups is 3. The fraction of sp³-hybridized carbons (Fsp3) is 0.318. The number of anilines is 2. The van der Waals surface area contributed by atoms with Gasteiger partial charge in [0.25, 0.3) is 0 Å². The molecule has 2 fully saturated rings. The lowest BCUT2D eigenvalue weighted by molar-refractivity contribution is -0.128. The van der Waals surface area contributed by atoms with Gasteiger partial charge in [0.15, 0.2) is 0 Å². The molecule has 0 spiro atoms. The highest BCUT2D eigenvalue weighted by atomic mass is 35.5. The van der Waals surface area contributed by atoms with Gasteiger partial charge in [-0.2, -0.15) is 0 Å². The molecule has 2 aromatic carbocycles. The van der Waals surface area contributed by atoms with Gasteiger partial charge < -0.3 is 15.1 Å². The fourth-order valence-electron chi connectivity index (χ4n) is 3.85. The van der Waals surface area contributed by atoms with E-state index >= 15 is 0 Å². The molecule has 0 unspecified atom stereocenters. The van der Waals surface area contributed by atoms with Gasteiger partial charge >= 0.3 is 0 Å². The van der Waals surface area contributed by atoms with Gasteiger partial charge in [0, 0.05) is 48.9 Å². The molecule has 1 N–H and O–H groups in total. The van der Waals surface area contributed by atoms with E-state index < -0.39 is 5.92 Å². The van der Waals surface area contributed by atoms with Gasteiger partial charge in [0.2, 0.25) is 17.7 Å². The van der Waals surface area contributed by atoms with E-state index in [4.69, 9.17) is 11.6 Å². The van der Waals surface area contributed by atoms with E-state index in [0.717, 1.165) is 17.7 Å². The number of halogens is 1. The van der Waals surface area contributed by atoms with E-state index in [0.29, 0.717) is 36.8 Å². The van der Waals surface area contributed by atoms with Crippen LogP contribution in [0.25, 0.3) is 0 Å². The van der Waals surface area contributed by atoms with Crippen molar-refractivity contribution < 1.29 is 14.4 Å². The van der Waals surface area contributed by atoms with Crippen molar-refractivity contribution in [1.29, 1.82) is 0 Å². The summed E-state index contributed by atoms with van der Waals surface area (Å²) in [5, 5.41) is 3.51. The topological polar surface area (TPSA) is 69.7 Å². The molecule has 4 rings (SSSR count). The number of carbonyl (C=O) groups excluding carboxylic acids is 3. The minimum Gasteiger partial charge on any atom is -0.337 e. The minimum atomic E-state index is -0.415. The molecular weight excluding hydrogens is 390 g/mol. The lowest BCUT2D eigenvalue weighted by Crippen LogP contribution is -2.28. The molecule has 0 radical (unpaired) electrons. The van der Waals surface area contributed by atoms with Crippen LogP contribution in [-0.4, -0.2) is 35.7 Å². The first kappa shape index (κ1) is 19.5. The first-order valence-electron chi connectivity index (χ1n) is 9.74. The Labute approximate surface area is 174 Å². The standard InChI is InChI=1S/C22H22ClN3O3/c23-19-8-2-1-5-15(19)13-25-14-16(11-21(25)28)22(29)24-17-6-3-7-18(12-17)26-10-4-9-20(26)27/h1-3,5-8,12,16H,4,9-11,13-14H2,(H,24,29)/t16-/m0/s1. The largest absolute Gasteiger partial charge is 0.337 e. The average Bonchev–Trinajstić information content (AvgIpc) is 3.30. The summed E-state index contributed by atoms with van der Waals surface area (Å²) in [4.78, 5) is 40.5. The maximum Gasteiger partial charge on any atom is 0.229 e. The van der Waals surface area contributed by atoms with Crippen LogP contribution in [-0.2, 0) is 20.9 Å². The van der Waals surface area contributed by atoms with E-state index in [1.807, 2.05) is 30.3 Å². The maximum absolute atomic E-state index is 12.7. The van der Waals surface area contributed by atoms with E-state index in [1.54, 1.807) is 28.0 Å². The third kappa shape index (κ3) is 4.27. The summed E-state index contributed by atoms with van der Waals surface area (Å²) in [6, 6.07) is 14.7. The number of hydrogen-bond donors (Lipinski definition) is 1. The molecule has 7 heteroatoms. The van der Waals surface area contributed by atoms with Gasteiger partial charge in [-0.3, -0.25) is 14.4 Å². The molecule has 0 aromatic heterocycles. The lowest BCUT2D eigenvalue weighted by atomic mass is 10.1. The van der Waals surface area contributed by atoms with Gasteiger partial charge in [-0.05, 0) is 36.2 Å². The third-order valence-electron chi connectivity index (χ3n) is 5.40. The van der Waals surface area contributed by atoms with Crippen LogP contribution >= 0.6 is 11.6 Å². The number of benzene rings is 2. The van der Waals surface area contributed by atoms with Crippen LogP contribution in [0.2, 0.25) is 5.02 Å². The van der Waals surface area contributed by atoms with Crippen LogP contribution in [0.3, 0.4) is 0 Å². The summed E-state index contributed by atoms with van der Waals surface area (Å²) in [6.45, 7) is 1.46. The summed E-state index contributed by atoms with van der Waals surface area (Å²) < 4.78 is 0. The molecule has 3 amide bonds. The number of likely N-dealkylation sites (tertiary alicyclic amines) is 1. The Bertz CT molecular complexity index is 962. The second-order valence-electron chi connectivity index (χ2n) is 7.46. The van der Waals surface area contributed by atoms with Crippen LogP contribution in [0.15, 0.2) is 48.5 Å². The summed E-state index contributed by atoms with van der Waals surface area (Å²) >= 11 is 6.19. The Morgan fingerprint density at radius 2 is 1.93 bits per heavy atom. The molecule has 2 aliphatic heterocycles. The van der Waals surface area contributed by atoms with Crippen LogP contribution < -0.4 is 10.2 Å². The van der Waals surface area contributed by atoms with Crippen LogP contribution in [0.5, 0.6) is 0 Å². The molecule has 2 saturated heterocycles. The highest BCUT2D eigenvalue weighted by molar-refractivity contribution is 6.31. The van der Waals surface area contributed by atoms with Crippen molar-refractivity contribution in [2.24, 2.45) is 5.92 Å². The molecule has 150 valence electrons. The molecule has 2 heterocycles. The van der Waals surface area contributed by atoms with Crippen molar-refractivity contribution in [3.05, 3.63) is 59.1 Å². The van der Waals surface area contributed by atoms with Crippen molar-refractivity contribution in [2.75, 3.05) is 23.3 Å². The summed E-state index contributed by atoms with van der Waals surface area (Å²) in [5.74, 6) is -0.557. The van der Waals surface area contributed by atoms with E-state index in [2.05, 4.69) is 5.32 Å². The SMILES string of the molecule is O=C(Nc1cccc(N2CCCC2=O)c1)[C@H]1CC(=O)N(Cc2ccccc2Cl)C1. The molecule has 2 aliphatic rings. The lowest BCUT2D eigenvalue weighted by Gasteiger charge is -2.18. The quantitative estimate of drug-likeness (QED) is 0.819. The number of hydrogen-bond acceptors (Lipinski definition) is 3. The van der Waals surface area contributed by atoms with Gasteiger partial charge in [0.1, 0.15) is 0 Å². The predicted octanol–water partition coefficient (Wildman–Crippen LogP) is 3.45. The van der Waals surface area contributed by atoms with Crippen molar-refractivity contribution in [3.8, 4) is 0 Å². The Kier molecular flexibility index (Phi) is 5.53. The first-order chi connectivity index (χ1) is 14.0. The van der Waals surface area contributed by atoms with Gasteiger partial charge in [-0.1, -0.05) is 35.9 Å². The van der Waals surface area contributed by atoms with Crippen molar-refractivity contribution in [3.63, 3.8) is 0 Å². The Balaban J connectivity index is 1.40. The number of rotatable bonds is 5. The summed E-state index contributed by atoms with van der Waals surface area (Å²) in [6.07, 6.45) is 1.59. The minimum absolute atomic E-state index is 0.0542. The molecular formula is C22H22ClN3O3. The van der Waals surface area contributed by atoms with Crippen molar-refractivity contribution in [1.82, 2.24) is 4.90 Å². The van der Waals surface area contributed by atoms with Gasteiger partial charge in [-0.25, -0.2) is 0 Å². The van der Waals surface area contributed by atoms with Gasteiger partial charge in [-0.15, -0.1) is 0 Å². The molecule has 2 aromatic rings. The summed E-state index contributed by atoms with van der Waals surface area (Å²) in [5.41, 5.74) is 2.28. The zero-order valence-corrected chi connectivity index (χ0v) is 16.7. The molecule has 0 saturated carbocycles. The van der Waals surface area contributed by atoms with Crippen molar-refractivity contribution >= 4 is 40.7 Å². The fourth-order valence-corrected chi connectivity index (χ4v) is 4.05. The van der Waals surface area contributed by atoms with Crippen LogP contribution in [0, 0.1) is 5.92 Å². The normalized spacial score (nSPS) is 19.1. The molecule has 1 atom stereocenters. The molecule has 29 heavy (non-hydrogen) atoms. The number of nitrogens with one attached hydrogen (secondary N) is 1. The van der Waals surface area contributed by atoms with Crippen molar-refractivity contribution in [2.45, 2.75) is 25.8 Å². The third-order valence-corrected chi connectivity index (χ3v) is 5.77. The number of nitrogens with zero attached hydrogens (tertiary/aromatic N) is 2. The van der Waals surface area contributed by atoms with E-state index in [9.17, 15) is 14.4 Å². The van der Waals surface area contributed by atoms with Crippen LogP contribution in [0.4, 0.5) is 11.4 Å². The monoisotopic (exact) mass is 411 g/mol. The second kappa shape index (κ2) is 8.25. The zero-order chi connectivity index (χ0) is 20.4. The van der Waals surface area contributed by atoms with E-state index in [1.165, 1.54) is 0 Å². The van der Waals surface area contributed by atoms with Crippen LogP contribution in [0.1, 0.15) is 24.8 Å².